The maximum absolute atomic E-state index is 12.6. The molecule has 1 N–H and O–H groups in total. The van der Waals surface area contributed by atoms with Gasteiger partial charge in [-0.1, -0.05) is 41.4 Å². The smallest absolute Gasteiger partial charge is 0.219 e. The minimum Gasteiger partial charge on any atom is -0.326 e. The minimum absolute atomic E-state index is 0.165. The van der Waals surface area contributed by atoms with Crippen molar-refractivity contribution in [3.63, 3.8) is 0 Å². The lowest BCUT2D eigenvalue weighted by molar-refractivity contribution is -0.903. The van der Waals surface area contributed by atoms with Gasteiger partial charge in [0.25, 0.3) is 0 Å². The van der Waals surface area contributed by atoms with Gasteiger partial charge in [0.15, 0.2) is 6.04 Å². The van der Waals surface area contributed by atoms with Crippen molar-refractivity contribution >= 4 is 21.7 Å². The van der Waals surface area contributed by atoms with Crippen LogP contribution in [0.1, 0.15) is 43.0 Å². The van der Waals surface area contributed by atoms with E-state index in [0.29, 0.717) is 5.78 Å². The first kappa shape index (κ1) is 13.8. The van der Waals surface area contributed by atoms with Crippen molar-refractivity contribution in [2.45, 2.75) is 38.6 Å². The zero-order valence-corrected chi connectivity index (χ0v) is 12.5. The second-order valence-corrected chi connectivity index (χ2v) is 5.99. The molecule has 18 heavy (non-hydrogen) atoms. The molecule has 3 heteroatoms. The van der Waals surface area contributed by atoms with E-state index in [1.165, 1.54) is 17.7 Å². The quantitative estimate of drug-likeness (QED) is 0.829. The van der Waals surface area contributed by atoms with Crippen LogP contribution in [0, 0.1) is 0 Å². The highest BCUT2D eigenvalue weighted by molar-refractivity contribution is 9.10. The summed E-state index contributed by atoms with van der Waals surface area (Å²) < 4.78 is 1.03. The Balaban J connectivity index is 2.14. The minimum atomic E-state index is 0.165. The highest BCUT2D eigenvalue weighted by Crippen LogP contribution is 2.13. The Bertz CT molecular complexity index is 395. The number of benzene rings is 1. The van der Waals surface area contributed by atoms with Crippen LogP contribution in [0.4, 0.5) is 0 Å². The van der Waals surface area contributed by atoms with E-state index in [1.807, 2.05) is 24.3 Å². The molecular weight excluding hydrogens is 290 g/mol. The van der Waals surface area contributed by atoms with Gasteiger partial charge in [0.1, 0.15) is 0 Å². The third-order valence-corrected chi connectivity index (χ3v) is 4.29. The Morgan fingerprint density at radius 1 is 1.28 bits per heavy atom. The van der Waals surface area contributed by atoms with Crippen LogP contribution < -0.4 is 4.90 Å². The fraction of sp³-hybridized carbons (Fsp3) is 0.533. The molecule has 0 spiro atoms. The number of halogens is 1. The number of quaternary nitrogens is 1. The summed E-state index contributed by atoms with van der Waals surface area (Å²) in [6.07, 6.45) is 4.62. The zero-order valence-electron chi connectivity index (χ0n) is 10.9. The normalized spacial score (nSPS) is 17.9. The lowest BCUT2D eigenvalue weighted by Gasteiger charge is -2.23. The van der Waals surface area contributed by atoms with Crippen LogP contribution in [0.5, 0.6) is 0 Å². The van der Waals surface area contributed by atoms with Crippen molar-refractivity contribution in [2.75, 3.05) is 13.1 Å². The van der Waals surface area contributed by atoms with Crippen molar-refractivity contribution in [3.05, 3.63) is 34.3 Å². The van der Waals surface area contributed by atoms with Crippen molar-refractivity contribution < 1.29 is 9.69 Å². The summed E-state index contributed by atoms with van der Waals surface area (Å²) in [5.74, 6) is 0.321. The van der Waals surface area contributed by atoms with Crippen LogP contribution in [-0.2, 0) is 0 Å². The average molecular weight is 311 g/mol. The van der Waals surface area contributed by atoms with Gasteiger partial charge in [-0.15, -0.1) is 0 Å². The third-order valence-electron chi connectivity index (χ3n) is 3.76. The molecule has 1 aliphatic rings. The number of likely N-dealkylation sites (tertiary alicyclic amines) is 1. The molecule has 1 aromatic rings. The van der Waals surface area contributed by atoms with Crippen LogP contribution >= 0.6 is 15.9 Å². The summed E-state index contributed by atoms with van der Waals surface area (Å²) >= 11 is 3.41. The van der Waals surface area contributed by atoms with Gasteiger partial charge in [-0.25, -0.2) is 0 Å². The molecule has 0 aliphatic carbocycles. The molecule has 1 aromatic carbocycles. The standard InChI is InChI=1S/C15H20BrNO/c1-2-5-14(17-10-3-4-11-17)15(18)12-6-8-13(16)9-7-12/h6-9,14H,2-5,10-11H2,1H3/p+1. The van der Waals surface area contributed by atoms with Crippen LogP contribution in [0.3, 0.4) is 0 Å². The van der Waals surface area contributed by atoms with Gasteiger partial charge < -0.3 is 4.90 Å². The molecule has 98 valence electrons. The van der Waals surface area contributed by atoms with E-state index in [-0.39, 0.29) is 6.04 Å². The Morgan fingerprint density at radius 2 is 1.89 bits per heavy atom. The number of nitrogens with one attached hydrogen (secondary N) is 1. The monoisotopic (exact) mass is 310 g/mol. The lowest BCUT2D eigenvalue weighted by Crippen LogP contribution is -3.15. The average Bonchev–Trinajstić information content (AvgIpc) is 2.90. The molecule has 0 radical (unpaired) electrons. The highest BCUT2D eigenvalue weighted by atomic mass is 79.9. The number of ketones is 1. The molecule has 2 nitrogen and oxygen atoms in total. The highest BCUT2D eigenvalue weighted by Gasteiger charge is 2.31. The topological polar surface area (TPSA) is 21.5 Å². The van der Waals surface area contributed by atoms with Crippen LogP contribution in [0.25, 0.3) is 0 Å². The lowest BCUT2D eigenvalue weighted by atomic mass is 9.99. The molecule has 1 atom stereocenters. The van der Waals surface area contributed by atoms with Gasteiger partial charge >= 0.3 is 0 Å². The van der Waals surface area contributed by atoms with Gasteiger partial charge in [0.05, 0.1) is 13.1 Å². The molecule has 1 aliphatic heterocycles. The van der Waals surface area contributed by atoms with Gasteiger partial charge in [0, 0.05) is 29.3 Å². The predicted molar refractivity (Wildman–Crippen MR) is 77.1 cm³/mol. The van der Waals surface area contributed by atoms with Crippen LogP contribution in [0.2, 0.25) is 0 Å². The van der Waals surface area contributed by atoms with Crippen molar-refractivity contribution in [1.82, 2.24) is 0 Å². The third kappa shape index (κ3) is 3.21. The maximum atomic E-state index is 12.6. The number of hydrogen-bond acceptors (Lipinski definition) is 1. The van der Waals surface area contributed by atoms with E-state index in [2.05, 4.69) is 22.9 Å². The van der Waals surface area contributed by atoms with Crippen LogP contribution in [-0.4, -0.2) is 24.9 Å². The fourth-order valence-electron chi connectivity index (χ4n) is 2.80. The number of carbonyl (C=O) groups is 1. The van der Waals surface area contributed by atoms with Crippen molar-refractivity contribution in [1.29, 1.82) is 0 Å². The first-order valence-electron chi connectivity index (χ1n) is 6.86. The van der Waals surface area contributed by atoms with Crippen molar-refractivity contribution in [3.8, 4) is 0 Å². The van der Waals surface area contributed by atoms with E-state index < -0.39 is 0 Å². The summed E-state index contributed by atoms with van der Waals surface area (Å²) in [7, 11) is 0. The molecule has 1 saturated heterocycles. The van der Waals surface area contributed by atoms with E-state index in [0.717, 1.165) is 36.0 Å². The molecule has 0 bridgehead atoms. The van der Waals surface area contributed by atoms with E-state index in [4.69, 9.17) is 0 Å². The zero-order chi connectivity index (χ0) is 13.0. The molecule has 0 amide bonds. The van der Waals surface area contributed by atoms with Crippen LogP contribution in [0.15, 0.2) is 28.7 Å². The fourth-order valence-corrected chi connectivity index (χ4v) is 3.07. The Kier molecular flexibility index (Phi) is 4.95. The number of carbonyl (C=O) groups excluding carboxylic acids is 1. The Morgan fingerprint density at radius 3 is 2.44 bits per heavy atom. The molecule has 1 fully saturated rings. The second kappa shape index (κ2) is 6.48. The molecule has 1 unspecified atom stereocenters. The SMILES string of the molecule is CCCC(C(=O)c1ccc(Br)cc1)[NH+]1CCCC1. The van der Waals surface area contributed by atoms with Gasteiger partial charge in [-0.05, 0) is 12.1 Å². The molecular formula is C15H21BrNO+. The summed E-state index contributed by atoms with van der Waals surface area (Å²) in [5.41, 5.74) is 0.857. The van der Waals surface area contributed by atoms with E-state index >= 15 is 0 Å². The van der Waals surface area contributed by atoms with Gasteiger partial charge in [-0.3, -0.25) is 4.79 Å². The number of hydrogen-bond donors (Lipinski definition) is 1. The molecule has 1 heterocycles. The summed E-state index contributed by atoms with van der Waals surface area (Å²) in [6.45, 7) is 4.48. The van der Waals surface area contributed by atoms with E-state index in [1.54, 1.807) is 0 Å². The Labute approximate surface area is 117 Å². The van der Waals surface area contributed by atoms with Gasteiger partial charge in [0.2, 0.25) is 5.78 Å². The molecule has 0 saturated carbocycles. The van der Waals surface area contributed by atoms with Gasteiger partial charge in [-0.2, -0.15) is 0 Å². The Hall–Kier alpha value is -0.670. The first-order chi connectivity index (χ1) is 8.72. The first-order valence-corrected chi connectivity index (χ1v) is 7.66. The summed E-state index contributed by atoms with van der Waals surface area (Å²) in [5, 5.41) is 0. The molecule has 0 aromatic heterocycles. The largest absolute Gasteiger partial charge is 0.326 e. The number of rotatable bonds is 5. The second-order valence-electron chi connectivity index (χ2n) is 5.08. The molecule has 2 rings (SSSR count). The maximum Gasteiger partial charge on any atom is 0.219 e. The summed E-state index contributed by atoms with van der Waals surface area (Å²) in [4.78, 5) is 14.1. The van der Waals surface area contributed by atoms with E-state index in [9.17, 15) is 4.79 Å². The predicted octanol–water partition coefficient (Wildman–Crippen LogP) is 2.48. The number of Topliss-reactive ketones (excluding diaryl/α,β-unsaturated/α-hetero) is 1. The summed E-state index contributed by atoms with van der Waals surface area (Å²) in [6, 6.07) is 7.94. The van der Waals surface area contributed by atoms with Crippen molar-refractivity contribution in [2.24, 2.45) is 0 Å².